The molecule has 0 bridgehead atoms. The number of rotatable bonds is 1. The summed E-state index contributed by atoms with van der Waals surface area (Å²) in [6.45, 7) is 0. The second kappa shape index (κ2) is 3.98. The monoisotopic (exact) mass is 308 g/mol. The molecule has 0 fully saturated rings. The highest BCUT2D eigenvalue weighted by molar-refractivity contribution is 6.32. The molecule has 2 aliphatic rings. The molecular formula is C15H9BN2O5. The van der Waals surface area contributed by atoms with E-state index in [1.165, 1.54) is 36.4 Å². The summed E-state index contributed by atoms with van der Waals surface area (Å²) in [5, 5.41) is 22.3. The Hall–Kier alpha value is -2.71. The Morgan fingerprint density at radius 2 is 2.04 bits per heavy atom. The van der Waals surface area contributed by atoms with Gasteiger partial charge in [0, 0.05) is 17.2 Å². The van der Waals surface area contributed by atoms with Gasteiger partial charge in [0.1, 0.15) is 19.2 Å². The van der Waals surface area contributed by atoms with Crippen LogP contribution in [0.1, 0.15) is 21.5 Å². The van der Waals surface area contributed by atoms with E-state index in [1.54, 1.807) is 0 Å². The highest BCUT2D eigenvalue weighted by Crippen LogP contribution is 2.58. The highest BCUT2D eigenvalue weighted by atomic mass is 16.6. The summed E-state index contributed by atoms with van der Waals surface area (Å²) < 4.78 is 5.52. The predicted octanol–water partition coefficient (Wildman–Crippen LogP) is -0.0234. The number of ether oxygens (including phenoxy) is 1. The van der Waals surface area contributed by atoms with Gasteiger partial charge in [-0.15, -0.1) is 0 Å². The molecule has 1 aliphatic heterocycles. The van der Waals surface area contributed by atoms with E-state index >= 15 is 0 Å². The first-order chi connectivity index (χ1) is 10.8. The normalized spacial score (nSPS) is 27.1. The van der Waals surface area contributed by atoms with E-state index in [4.69, 9.17) is 18.3 Å². The van der Waals surface area contributed by atoms with E-state index in [0.717, 1.165) is 0 Å². The molecule has 0 amide bonds. The number of carbonyl (C=O) groups is 1. The Bertz CT molecular complexity index is 915. The number of hydrogen-bond acceptors (Lipinski definition) is 6. The van der Waals surface area contributed by atoms with Gasteiger partial charge in [-0.25, -0.2) is 0 Å². The number of nitrogens with zero attached hydrogens (tertiary/aromatic N) is 1. The van der Waals surface area contributed by atoms with Crippen LogP contribution in [0.4, 0.5) is 5.69 Å². The number of fused-ring (bicyclic) bond motifs is 5. The summed E-state index contributed by atoms with van der Waals surface area (Å²) in [7, 11) is 5.68. The zero-order valence-electron chi connectivity index (χ0n) is 11.6. The first-order valence-electron chi connectivity index (χ1n) is 6.73. The number of ketones is 1. The molecule has 0 saturated heterocycles. The Balaban J connectivity index is 2.07. The van der Waals surface area contributed by atoms with Gasteiger partial charge in [0.05, 0.1) is 4.92 Å². The second-order valence-electron chi connectivity index (χ2n) is 5.60. The van der Waals surface area contributed by atoms with E-state index < -0.39 is 27.7 Å². The Morgan fingerprint density at radius 3 is 2.74 bits per heavy atom. The van der Waals surface area contributed by atoms with Gasteiger partial charge in [0.2, 0.25) is 0 Å². The van der Waals surface area contributed by atoms with Crippen molar-refractivity contribution in [3.8, 4) is 5.75 Å². The maximum atomic E-state index is 12.8. The van der Waals surface area contributed by atoms with Crippen LogP contribution in [0, 0.1) is 10.1 Å². The van der Waals surface area contributed by atoms with Gasteiger partial charge in [-0.2, -0.15) is 0 Å². The average molecular weight is 308 g/mol. The third-order valence-corrected chi connectivity index (χ3v) is 4.40. The first kappa shape index (κ1) is 13.9. The van der Waals surface area contributed by atoms with Crippen LogP contribution in [-0.4, -0.2) is 23.7 Å². The van der Waals surface area contributed by atoms with Gasteiger partial charge in [0.25, 0.3) is 11.5 Å². The van der Waals surface area contributed by atoms with Gasteiger partial charge in [-0.3, -0.25) is 14.9 Å². The van der Waals surface area contributed by atoms with Crippen LogP contribution in [0.2, 0.25) is 0 Å². The number of hydrogen-bond donors (Lipinski definition) is 2. The molecule has 2 aromatic carbocycles. The fourth-order valence-corrected chi connectivity index (χ4v) is 3.35. The van der Waals surface area contributed by atoms with Gasteiger partial charge >= 0.3 is 0 Å². The summed E-state index contributed by atoms with van der Waals surface area (Å²) in [6, 6.07) is 8.37. The first-order valence-corrected chi connectivity index (χ1v) is 6.73. The quantitative estimate of drug-likeness (QED) is 0.434. The summed E-state index contributed by atoms with van der Waals surface area (Å²) >= 11 is 0. The van der Waals surface area contributed by atoms with Crippen LogP contribution < -0.4 is 15.9 Å². The molecule has 1 heterocycles. The zero-order chi connectivity index (χ0) is 16.6. The fraction of sp³-hybridized carbons (Fsp3) is 0.133. The van der Waals surface area contributed by atoms with Crippen LogP contribution in [0.15, 0.2) is 36.4 Å². The minimum absolute atomic E-state index is 0.0216. The lowest BCUT2D eigenvalue weighted by molar-refractivity contribution is -0.388. The van der Waals surface area contributed by atoms with Crippen LogP contribution in [0.3, 0.4) is 0 Å². The molecule has 0 aromatic heterocycles. The lowest BCUT2D eigenvalue weighted by Gasteiger charge is -2.29. The summed E-state index contributed by atoms with van der Waals surface area (Å²) in [5.74, 6) is -2.85. The maximum absolute atomic E-state index is 12.8. The number of nitro groups is 1. The molecule has 7 nitrogen and oxygen atoms in total. The van der Waals surface area contributed by atoms with E-state index in [2.05, 4.69) is 0 Å². The highest BCUT2D eigenvalue weighted by Gasteiger charge is 2.71. The van der Waals surface area contributed by atoms with Crippen molar-refractivity contribution in [1.29, 1.82) is 0 Å². The largest absolute Gasteiger partial charge is 0.455 e. The summed E-state index contributed by atoms with van der Waals surface area (Å²) in [5.41, 5.74) is 4.20. The third-order valence-electron chi connectivity index (χ3n) is 4.40. The standard InChI is InChI=1S/C15H9BN2O5/c16-7-4-5-9-11(6-7)23-15(20)12-8(13(19)14(9,15)17)2-1-3-10(12)18(21)22/h1-6,20H,17H2. The molecule has 0 spiro atoms. The Labute approximate surface area is 131 Å². The SMILES string of the molecule is [B]c1ccc2c(c1)OC1(O)c3c(cccc3[N+](=O)[O-])C(=O)C21N. The minimum atomic E-state index is -2.35. The van der Waals surface area contributed by atoms with Gasteiger partial charge < -0.3 is 15.6 Å². The van der Waals surface area contributed by atoms with Crippen LogP contribution >= 0.6 is 0 Å². The van der Waals surface area contributed by atoms with Crippen molar-refractivity contribution in [2.24, 2.45) is 5.73 Å². The maximum Gasteiger partial charge on any atom is 0.280 e. The number of nitrogens with two attached hydrogens (primary N) is 1. The number of Topliss-reactive ketones (excluding diaryl/α,β-unsaturated/α-hetero) is 1. The zero-order valence-corrected chi connectivity index (χ0v) is 11.6. The van der Waals surface area contributed by atoms with Crippen LogP contribution in [0.25, 0.3) is 0 Å². The third kappa shape index (κ3) is 1.40. The molecule has 2 atom stereocenters. The fourth-order valence-electron chi connectivity index (χ4n) is 3.35. The van der Waals surface area contributed by atoms with Crippen molar-refractivity contribution in [2.45, 2.75) is 11.3 Å². The molecular weight excluding hydrogens is 299 g/mol. The molecule has 2 aromatic rings. The molecule has 2 radical (unpaired) electrons. The summed E-state index contributed by atoms with van der Waals surface area (Å²) in [6.07, 6.45) is 0. The molecule has 1 aliphatic carbocycles. The number of benzene rings is 2. The Morgan fingerprint density at radius 1 is 1.30 bits per heavy atom. The van der Waals surface area contributed by atoms with Gasteiger partial charge in [-0.05, 0) is 6.07 Å². The van der Waals surface area contributed by atoms with Crippen LogP contribution in [-0.2, 0) is 11.3 Å². The molecule has 2 unspecified atom stereocenters. The van der Waals surface area contributed by atoms with E-state index in [-0.39, 0.29) is 22.4 Å². The Kier molecular flexibility index (Phi) is 2.41. The number of nitro benzene ring substituents is 1. The molecule has 3 N–H and O–H groups in total. The van der Waals surface area contributed by atoms with Crippen molar-refractivity contribution >= 4 is 24.8 Å². The molecule has 4 rings (SSSR count). The molecule has 0 saturated carbocycles. The summed E-state index contributed by atoms with van der Waals surface area (Å²) in [4.78, 5) is 23.4. The van der Waals surface area contributed by atoms with Crippen molar-refractivity contribution < 1.29 is 19.6 Å². The lowest BCUT2D eigenvalue weighted by atomic mass is 9.82. The predicted molar refractivity (Wildman–Crippen MR) is 79.6 cm³/mol. The lowest BCUT2D eigenvalue weighted by Crippen LogP contribution is -2.55. The molecule has 112 valence electrons. The topological polar surface area (TPSA) is 116 Å². The van der Waals surface area contributed by atoms with Crippen molar-refractivity contribution in [2.75, 3.05) is 0 Å². The van der Waals surface area contributed by atoms with E-state index in [9.17, 15) is 20.0 Å². The number of carbonyl (C=O) groups excluding carboxylic acids is 1. The van der Waals surface area contributed by atoms with Crippen molar-refractivity contribution in [3.05, 3.63) is 63.2 Å². The van der Waals surface area contributed by atoms with Gasteiger partial charge in [0.15, 0.2) is 11.3 Å². The van der Waals surface area contributed by atoms with Crippen molar-refractivity contribution in [3.63, 3.8) is 0 Å². The van der Waals surface area contributed by atoms with E-state index in [1.807, 2.05) is 0 Å². The second-order valence-corrected chi connectivity index (χ2v) is 5.60. The number of aliphatic hydroxyl groups is 1. The molecule has 8 heteroatoms. The minimum Gasteiger partial charge on any atom is -0.455 e. The van der Waals surface area contributed by atoms with E-state index in [0.29, 0.717) is 5.46 Å². The van der Waals surface area contributed by atoms with Crippen molar-refractivity contribution in [1.82, 2.24) is 0 Å². The molecule has 23 heavy (non-hydrogen) atoms. The van der Waals surface area contributed by atoms with Gasteiger partial charge in [-0.1, -0.05) is 29.7 Å². The average Bonchev–Trinajstić information content (AvgIpc) is 2.83. The smallest absolute Gasteiger partial charge is 0.280 e. The van der Waals surface area contributed by atoms with Crippen LogP contribution in [0.5, 0.6) is 5.75 Å².